The first-order valence-electron chi connectivity index (χ1n) is 7.97. The summed E-state index contributed by atoms with van der Waals surface area (Å²) in [5, 5.41) is 7.26. The van der Waals surface area contributed by atoms with Gasteiger partial charge in [0, 0.05) is 30.2 Å². The zero-order valence-corrected chi connectivity index (χ0v) is 13.4. The van der Waals surface area contributed by atoms with E-state index >= 15 is 0 Å². The molecule has 6 nitrogen and oxygen atoms in total. The lowest BCUT2D eigenvalue weighted by atomic mass is 10.1. The smallest absolute Gasteiger partial charge is 0.317 e. The molecule has 3 aromatic rings. The summed E-state index contributed by atoms with van der Waals surface area (Å²) in [6, 6.07) is 9.63. The minimum atomic E-state index is -0.275. The van der Waals surface area contributed by atoms with E-state index in [1.54, 1.807) is 47.8 Å². The number of benzene rings is 1. The lowest BCUT2D eigenvalue weighted by Gasteiger charge is -2.28. The predicted molar refractivity (Wildman–Crippen MR) is 91.3 cm³/mol. The highest BCUT2D eigenvalue weighted by Crippen LogP contribution is 2.27. The van der Waals surface area contributed by atoms with Crippen LogP contribution in [0.4, 0.5) is 14.9 Å². The van der Waals surface area contributed by atoms with Gasteiger partial charge in [-0.25, -0.2) is 9.18 Å². The number of nitrogens with zero attached hydrogens (tertiary/aromatic N) is 4. The van der Waals surface area contributed by atoms with Crippen molar-refractivity contribution in [2.45, 2.75) is 13.1 Å². The molecule has 3 heterocycles. The Morgan fingerprint density at radius 2 is 1.84 bits per heavy atom. The normalized spacial score (nSPS) is 13.4. The summed E-state index contributed by atoms with van der Waals surface area (Å²) < 4.78 is 15.1. The number of carbonyl (C=O) groups excluding carboxylic acids is 1. The largest absolute Gasteiger partial charge is 0.322 e. The Morgan fingerprint density at radius 1 is 1.08 bits per heavy atom. The van der Waals surface area contributed by atoms with Crippen molar-refractivity contribution in [1.29, 1.82) is 0 Å². The Balaban J connectivity index is 1.55. The number of hydrogen-bond acceptors (Lipinski definition) is 3. The van der Waals surface area contributed by atoms with Crippen molar-refractivity contribution < 1.29 is 9.18 Å². The zero-order chi connectivity index (χ0) is 17.2. The average molecular weight is 337 g/mol. The van der Waals surface area contributed by atoms with Crippen LogP contribution in [0.15, 0.2) is 55.0 Å². The highest BCUT2D eigenvalue weighted by atomic mass is 19.1. The first-order chi connectivity index (χ1) is 12.2. The molecule has 1 aliphatic rings. The van der Waals surface area contributed by atoms with Crippen LogP contribution in [0.25, 0.3) is 11.1 Å². The molecule has 0 saturated heterocycles. The third kappa shape index (κ3) is 3.08. The van der Waals surface area contributed by atoms with E-state index in [9.17, 15) is 9.18 Å². The Labute approximate surface area is 143 Å². The monoisotopic (exact) mass is 337 g/mol. The van der Waals surface area contributed by atoms with E-state index in [4.69, 9.17) is 0 Å². The molecular weight excluding hydrogens is 321 g/mol. The van der Waals surface area contributed by atoms with Gasteiger partial charge < -0.3 is 10.2 Å². The van der Waals surface area contributed by atoms with Crippen LogP contribution < -0.4 is 5.32 Å². The number of anilines is 1. The van der Waals surface area contributed by atoms with Crippen molar-refractivity contribution in [3.05, 3.63) is 66.5 Å². The fraction of sp³-hybridized carbons (Fsp3) is 0.167. The number of rotatable bonds is 2. The van der Waals surface area contributed by atoms with Gasteiger partial charge >= 0.3 is 6.03 Å². The van der Waals surface area contributed by atoms with Crippen LogP contribution in [0, 0.1) is 5.82 Å². The number of fused-ring (bicyclic) bond motifs is 1. The predicted octanol–water partition coefficient (Wildman–Crippen LogP) is 3.13. The maximum absolute atomic E-state index is 13.2. The molecule has 1 aliphatic heterocycles. The number of urea groups is 1. The van der Waals surface area contributed by atoms with Crippen LogP contribution in [-0.4, -0.2) is 32.2 Å². The molecule has 126 valence electrons. The summed E-state index contributed by atoms with van der Waals surface area (Å²) >= 11 is 0. The summed E-state index contributed by atoms with van der Waals surface area (Å²) in [6.45, 7) is 1.65. The first kappa shape index (κ1) is 15.3. The topological polar surface area (TPSA) is 63.1 Å². The SMILES string of the molecule is O=C(Nc1ccncc1)N1CCn2ncc(-c3ccc(F)cc3)c2C1. The molecule has 2 amide bonds. The molecule has 1 aromatic carbocycles. The second-order valence-corrected chi connectivity index (χ2v) is 5.82. The number of amides is 2. The van der Waals surface area contributed by atoms with Crippen LogP contribution in [-0.2, 0) is 13.1 Å². The van der Waals surface area contributed by atoms with E-state index in [0.717, 1.165) is 16.8 Å². The number of carbonyl (C=O) groups is 1. The van der Waals surface area contributed by atoms with Crippen molar-refractivity contribution in [2.24, 2.45) is 0 Å². The highest BCUT2D eigenvalue weighted by molar-refractivity contribution is 5.89. The van der Waals surface area contributed by atoms with Gasteiger partial charge in [0.15, 0.2) is 0 Å². The van der Waals surface area contributed by atoms with Crippen LogP contribution in [0.1, 0.15) is 5.69 Å². The van der Waals surface area contributed by atoms with Gasteiger partial charge in [-0.05, 0) is 29.8 Å². The quantitative estimate of drug-likeness (QED) is 0.781. The molecule has 7 heteroatoms. The summed E-state index contributed by atoms with van der Waals surface area (Å²) in [5.74, 6) is -0.275. The Morgan fingerprint density at radius 3 is 2.60 bits per heavy atom. The van der Waals surface area contributed by atoms with Crippen molar-refractivity contribution in [1.82, 2.24) is 19.7 Å². The molecule has 4 rings (SSSR count). The van der Waals surface area contributed by atoms with E-state index in [-0.39, 0.29) is 11.8 Å². The molecule has 0 atom stereocenters. The van der Waals surface area contributed by atoms with Crippen molar-refractivity contribution in [3.63, 3.8) is 0 Å². The van der Waals surface area contributed by atoms with Crippen molar-refractivity contribution >= 4 is 11.7 Å². The molecule has 0 bridgehead atoms. The molecule has 1 N–H and O–H groups in total. The number of aromatic nitrogens is 3. The Hall–Kier alpha value is -3.22. The summed E-state index contributed by atoms with van der Waals surface area (Å²) in [7, 11) is 0. The zero-order valence-electron chi connectivity index (χ0n) is 13.4. The van der Waals surface area contributed by atoms with Gasteiger partial charge in [-0.3, -0.25) is 9.67 Å². The molecule has 0 unspecified atom stereocenters. The maximum atomic E-state index is 13.2. The first-order valence-corrected chi connectivity index (χ1v) is 7.97. The van der Waals surface area contributed by atoms with Crippen LogP contribution in [0.2, 0.25) is 0 Å². The molecule has 0 saturated carbocycles. The van der Waals surface area contributed by atoms with Crippen LogP contribution in [0.5, 0.6) is 0 Å². The second kappa shape index (κ2) is 6.35. The molecule has 0 spiro atoms. The van der Waals surface area contributed by atoms with Crippen molar-refractivity contribution in [3.8, 4) is 11.1 Å². The molecule has 25 heavy (non-hydrogen) atoms. The third-order valence-corrected chi connectivity index (χ3v) is 4.25. The Kier molecular flexibility index (Phi) is 3.89. The minimum Gasteiger partial charge on any atom is -0.317 e. The fourth-order valence-corrected chi connectivity index (χ4v) is 2.93. The van der Waals surface area contributed by atoms with Crippen molar-refractivity contribution in [2.75, 3.05) is 11.9 Å². The van der Waals surface area contributed by atoms with Gasteiger partial charge in [-0.15, -0.1) is 0 Å². The molecule has 0 fully saturated rings. The lowest BCUT2D eigenvalue weighted by molar-refractivity contribution is 0.194. The maximum Gasteiger partial charge on any atom is 0.322 e. The second-order valence-electron chi connectivity index (χ2n) is 5.82. The minimum absolute atomic E-state index is 0.163. The average Bonchev–Trinajstić information content (AvgIpc) is 3.06. The number of nitrogens with one attached hydrogen (secondary N) is 1. The highest BCUT2D eigenvalue weighted by Gasteiger charge is 2.24. The van der Waals surface area contributed by atoms with Gasteiger partial charge in [0.05, 0.1) is 25.0 Å². The van der Waals surface area contributed by atoms with E-state index < -0.39 is 0 Å². The lowest BCUT2D eigenvalue weighted by Crippen LogP contribution is -2.41. The van der Waals surface area contributed by atoms with Gasteiger partial charge in [0.1, 0.15) is 5.82 Å². The summed E-state index contributed by atoms with van der Waals surface area (Å²) in [5.41, 5.74) is 3.46. The molecule has 0 aliphatic carbocycles. The molecule has 2 aromatic heterocycles. The summed E-state index contributed by atoms with van der Waals surface area (Å²) in [6.07, 6.45) is 5.04. The van der Waals surface area contributed by atoms with Crippen LogP contribution >= 0.6 is 0 Å². The standard InChI is InChI=1S/C18H16FN5O/c19-14-3-1-13(2-4-14)16-11-21-24-10-9-23(12-17(16)24)18(25)22-15-5-7-20-8-6-15/h1-8,11H,9-10,12H2,(H,20,22,25). The van der Waals surface area contributed by atoms with E-state index in [1.165, 1.54) is 12.1 Å². The fourth-order valence-electron chi connectivity index (χ4n) is 2.93. The van der Waals surface area contributed by atoms with E-state index in [2.05, 4.69) is 15.4 Å². The van der Waals surface area contributed by atoms with E-state index in [1.807, 2.05) is 4.68 Å². The van der Waals surface area contributed by atoms with Crippen LogP contribution in [0.3, 0.4) is 0 Å². The van der Waals surface area contributed by atoms with Gasteiger partial charge in [0.25, 0.3) is 0 Å². The molecule has 0 radical (unpaired) electrons. The van der Waals surface area contributed by atoms with E-state index in [0.29, 0.717) is 25.3 Å². The van der Waals surface area contributed by atoms with Gasteiger partial charge in [-0.1, -0.05) is 12.1 Å². The van der Waals surface area contributed by atoms with Gasteiger partial charge in [-0.2, -0.15) is 5.10 Å². The number of pyridine rings is 1. The number of hydrogen-bond donors (Lipinski definition) is 1. The van der Waals surface area contributed by atoms with Gasteiger partial charge in [0.2, 0.25) is 0 Å². The molecular formula is C18H16FN5O. The summed E-state index contributed by atoms with van der Waals surface area (Å²) in [4.78, 5) is 18.2. The number of halogens is 1. The Bertz CT molecular complexity index is 892. The third-order valence-electron chi connectivity index (χ3n) is 4.25.